The van der Waals surface area contributed by atoms with Crippen LogP contribution in [0.3, 0.4) is 0 Å². The molecule has 140 valence electrons. The summed E-state index contributed by atoms with van der Waals surface area (Å²) in [4.78, 5) is 25.1. The second kappa shape index (κ2) is 5.76. The van der Waals surface area contributed by atoms with E-state index in [2.05, 4.69) is 30.7 Å². The van der Waals surface area contributed by atoms with Gasteiger partial charge < -0.3 is 4.90 Å². The average Bonchev–Trinajstić information content (AvgIpc) is 2.89. The molecule has 2 heterocycles. The molecule has 27 heavy (non-hydrogen) atoms. The summed E-state index contributed by atoms with van der Waals surface area (Å²) >= 11 is 0. The van der Waals surface area contributed by atoms with Crippen LogP contribution in [-0.4, -0.2) is 33.9 Å². The zero-order valence-corrected chi connectivity index (χ0v) is 16.3. The Morgan fingerprint density at radius 3 is 2.04 bits per heavy atom. The van der Waals surface area contributed by atoms with Crippen molar-refractivity contribution in [2.24, 2.45) is 5.41 Å². The Balaban J connectivity index is 1.92. The van der Waals surface area contributed by atoms with E-state index < -0.39 is 5.41 Å². The fraction of sp³-hybridized carbons (Fsp3) is 0.667. The third kappa shape index (κ3) is 2.02. The molecule has 0 N–H and O–H groups in total. The summed E-state index contributed by atoms with van der Waals surface area (Å²) in [5, 5.41) is 18.8. The van der Waals surface area contributed by atoms with Gasteiger partial charge in [-0.15, -0.1) is 0 Å². The monoisotopic (exact) mass is 363 g/mol. The van der Waals surface area contributed by atoms with Gasteiger partial charge in [0.1, 0.15) is 12.1 Å². The number of hydrogen-bond donors (Lipinski definition) is 0. The number of rotatable bonds is 1. The minimum absolute atomic E-state index is 0.0336. The highest BCUT2D eigenvalue weighted by Gasteiger charge is 2.73. The van der Waals surface area contributed by atoms with Gasteiger partial charge in [0.2, 0.25) is 5.91 Å². The minimum atomic E-state index is -0.756. The van der Waals surface area contributed by atoms with E-state index in [0.717, 1.165) is 44.5 Å². The van der Waals surface area contributed by atoms with Crippen LogP contribution < -0.4 is 0 Å². The average molecular weight is 363 g/mol. The Bertz CT molecular complexity index is 900. The van der Waals surface area contributed by atoms with Crippen molar-refractivity contribution in [2.75, 3.05) is 13.1 Å². The number of amides is 1. The molecule has 3 aliphatic rings. The molecule has 6 nitrogen and oxygen atoms in total. The normalized spacial score (nSPS) is 30.9. The predicted molar refractivity (Wildman–Crippen MR) is 98.6 cm³/mol. The van der Waals surface area contributed by atoms with Gasteiger partial charge in [0.15, 0.2) is 11.4 Å². The lowest BCUT2D eigenvalue weighted by Gasteiger charge is -2.42. The Hall–Kier alpha value is -2.47. The van der Waals surface area contributed by atoms with Crippen molar-refractivity contribution in [3.63, 3.8) is 0 Å². The first-order chi connectivity index (χ1) is 12.8. The molecule has 1 aromatic heterocycles. The number of likely N-dealkylation sites (tertiary alicyclic amines) is 1. The first-order valence-electron chi connectivity index (χ1n) is 9.86. The molecule has 1 amide bonds. The van der Waals surface area contributed by atoms with Crippen molar-refractivity contribution in [2.45, 2.75) is 70.1 Å². The molecule has 0 radical (unpaired) electrons. The maximum Gasteiger partial charge on any atom is 0.235 e. The van der Waals surface area contributed by atoms with Crippen LogP contribution in [0.5, 0.6) is 0 Å². The molecule has 0 aromatic carbocycles. The van der Waals surface area contributed by atoms with E-state index in [0.29, 0.717) is 5.69 Å². The van der Waals surface area contributed by atoms with Crippen LogP contribution >= 0.6 is 0 Å². The summed E-state index contributed by atoms with van der Waals surface area (Å²) in [5.74, 6) is 0.139. The fourth-order valence-corrected chi connectivity index (χ4v) is 5.66. The lowest BCUT2D eigenvalue weighted by molar-refractivity contribution is -0.141. The number of nitrogens with zero attached hydrogens (tertiary/aromatic N) is 5. The number of carbonyl (C=O) groups is 1. The smallest absolute Gasteiger partial charge is 0.235 e. The van der Waals surface area contributed by atoms with Crippen molar-refractivity contribution < 1.29 is 4.79 Å². The van der Waals surface area contributed by atoms with Gasteiger partial charge in [0.05, 0.1) is 16.8 Å². The molecule has 0 spiro atoms. The molecular weight excluding hydrogens is 338 g/mol. The molecule has 6 heteroatoms. The van der Waals surface area contributed by atoms with Gasteiger partial charge in [-0.3, -0.25) is 4.79 Å². The van der Waals surface area contributed by atoms with E-state index in [1.165, 1.54) is 12.8 Å². The summed E-state index contributed by atoms with van der Waals surface area (Å²) in [7, 11) is 0. The molecule has 2 atom stereocenters. The van der Waals surface area contributed by atoms with E-state index in [9.17, 15) is 15.3 Å². The molecule has 4 rings (SSSR count). The highest BCUT2D eigenvalue weighted by atomic mass is 16.2. The van der Waals surface area contributed by atoms with Crippen molar-refractivity contribution in [3.05, 3.63) is 22.8 Å². The molecule has 2 aliphatic carbocycles. The Morgan fingerprint density at radius 1 is 0.926 bits per heavy atom. The molecule has 1 saturated carbocycles. The number of fused-ring (bicyclic) bond motifs is 5. The van der Waals surface area contributed by atoms with Gasteiger partial charge in [-0.1, -0.05) is 33.6 Å². The number of nitriles is 2. The van der Waals surface area contributed by atoms with Crippen molar-refractivity contribution in [3.8, 4) is 12.1 Å². The number of carbonyl (C=O) groups excluding carboxylic acids is 1. The second-order valence-electron chi connectivity index (χ2n) is 8.91. The quantitative estimate of drug-likeness (QED) is 0.764. The van der Waals surface area contributed by atoms with Gasteiger partial charge in [-0.25, -0.2) is 9.97 Å². The SMILES string of the molecule is CC12CCC(C(=O)N3CCCCCC3)(c3nc(C#N)c(C#N)nc31)C2(C)C. The van der Waals surface area contributed by atoms with Crippen LogP contribution in [-0.2, 0) is 15.6 Å². The van der Waals surface area contributed by atoms with Crippen LogP contribution in [0.25, 0.3) is 0 Å². The summed E-state index contributed by atoms with van der Waals surface area (Å²) in [6.45, 7) is 7.99. The molecule has 1 aliphatic heterocycles. The molecule has 2 fully saturated rings. The van der Waals surface area contributed by atoms with Crippen LogP contribution in [0.1, 0.15) is 82.1 Å². The summed E-state index contributed by atoms with van der Waals surface area (Å²) in [5.41, 5.74) is 0.0460. The summed E-state index contributed by atoms with van der Waals surface area (Å²) in [6, 6.07) is 4.00. The number of aromatic nitrogens is 2. The Kier molecular flexibility index (Phi) is 3.82. The van der Waals surface area contributed by atoms with Crippen LogP contribution in [0.15, 0.2) is 0 Å². The van der Waals surface area contributed by atoms with Gasteiger partial charge in [-0.2, -0.15) is 10.5 Å². The molecule has 2 unspecified atom stereocenters. The van der Waals surface area contributed by atoms with Gasteiger partial charge >= 0.3 is 0 Å². The molecular formula is C21H25N5O. The van der Waals surface area contributed by atoms with Crippen LogP contribution in [0.2, 0.25) is 0 Å². The van der Waals surface area contributed by atoms with E-state index in [1.54, 1.807) is 0 Å². The first kappa shape index (κ1) is 17.9. The van der Waals surface area contributed by atoms with Crippen LogP contribution in [0, 0.1) is 28.1 Å². The third-order valence-corrected chi connectivity index (χ3v) is 7.74. The van der Waals surface area contributed by atoms with E-state index in [-0.39, 0.29) is 28.1 Å². The lowest BCUT2D eigenvalue weighted by Crippen LogP contribution is -2.53. The van der Waals surface area contributed by atoms with E-state index in [4.69, 9.17) is 0 Å². The summed E-state index contributed by atoms with van der Waals surface area (Å²) in [6.07, 6.45) is 5.98. The lowest BCUT2D eigenvalue weighted by atomic mass is 9.63. The Morgan fingerprint density at radius 2 is 1.48 bits per heavy atom. The Labute approximate surface area is 160 Å². The van der Waals surface area contributed by atoms with Crippen molar-refractivity contribution in [1.29, 1.82) is 10.5 Å². The second-order valence-corrected chi connectivity index (χ2v) is 8.91. The maximum atomic E-state index is 13.9. The highest BCUT2D eigenvalue weighted by molar-refractivity contribution is 5.92. The highest BCUT2D eigenvalue weighted by Crippen LogP contribution is 2.70. The van der Waals surface area contributed by atoms with E-state index in [1.807, 2.05) is 17.0 Å². The zero-order valence-electron chi connectivity index (χ0n) is 16.3. The first-order valence-corrected chi connectivity index (χ1v) is 9.86. The van der Waals surface area contributed by atoms with Crippen molar-refractivity contribution in [1.82, 2.24) is 14.9 Å². The van der Waals surface area contributed by atoms with Gasteiger partial charge in [-0.05, 0) is 31.1 Å². The fourth-order valence-electron chi connectivity index (χ4n) is 5.66. The van der Waals surface area contributed by atoms with Gasteiger partial charge in [0.25, 0.3) is 0 Å². The zero-order chi connectivity index (χ0) is 19.4. The molecule has 1 saturated heterocycles. The summed E-state index contributed by atoms with van der Waals surface area (Å²) < 4.78 is 0. The van der Waals surface area contributed by atoms with Crippen LogP contribution in [0.4, 0.5) is 0 Å². The topological polar surface area (TPSA) is 93.7 Å². The molecule has 1 aromatic rings. The third-order valence-electron chi connectivity index (χ3n) is 7.74. The molecule has 2 bridgehead atoms. The standard InChI is InChI=1S/C21H25N5O/c1-19(2)20(3)8-9-21(19,18(27)26-10-6-4-5-7-11-26)17-16(20)24-14(12-22)15(13-23)25-17/h4-11H2,1-3H3. The number of hydrogen-bond acceptors (Lipinski definition) is 5. The minimum Gasteiger partial charge on any atom is -0.342 e. The largest absolute Gasteiger partial charge is 0.342 e. The van der Waals surface area contributed by atoms with Gasteiger partial charge in [0, 0.05) is 18.5 Å². The van der Waals surface area contributed by atoms with E-state index >= 15 is 0 Å². The van der Waals surface area contributed by atoms with Crippen molar-refractivity contribution >= 4 is 5.91 Å². The predicted octanol–water partition coefficient (Wildman–Crippen LogP) is 2.95. The maximum absolute atomic E-state index is 13.9.